The topological polar surface area (TPSA) is 41.1 Å². The van der Waals surface area contributed by atoms with Crippen molar-refractivity contribution in [2.75, 3.05) is 19.6 Å². The Balaban J connectivity index is 1.41. The van der Waals surface area contributed by atoms with Crippen LogP contribution in [-0.4, -0.2) is 25.5 Å². The monoisotopic (exact) mass is 286 g/mol. The van der Waals surface area contributed by atoms with Gasteiger partial charge in [-0.05, 0) is 56.7 Å². The van der Waals surface area contributed by atoms with Gasteiger partial charge in [-0.25, -0.2) is 0 Å². The molecular formula is C18H26N2O. The minimum absolute atomic E-state index is 0.228. The van der Waals surface area contributed by atoms with E-state index >= 15 is 0 Å². The summed E-state index contributed by atoms with van der Waals surface area (Å²) < 4.78 is 0. The molecule has 2 N–H and O–H groups in total. The molecule has 0 bridgehead atoms. The Bertz CT molecular complexity index is 461. The van der Waals surface area contributed by atoms with Crippen LogP contribution < -0.4 is 10.6 Å². The Morgan fingerprint density at radius 1 is 1.19 bits per heavy atom. The average molecular weight is 286 g/mol. The fraction of sp³-hybridized carbons (Fsp3) is 0.611. The summed E-state index contributed by atoms with van der Waals surface area (Å²) in [5.74, 6) is 0.969. The van der Waals surface area contributed by atoms with Crippen molar-refractivity contribution >= 4 is 5.91 Å². The third-order valence-corrected chi connectivity index (χ3v) is 5.10. The Morgan fingerprint density at radius 2 is 1.90 bits per heavy atom. The van der Waals surface area contributed by atoms with E-state index < -0.39 is 0 Å². The van der Waals surface area contributed by atoms with Gasteiger partial charge in [0.15, 0.2) is 0 Å². The number of hydrogen-bond donors (Lipinski definition) is 2. The van der Waals surface area contributed by atoms with Crippen LogP contribution in [0.5, 0.6) is 0 Å². The molecule has 1 aliphatic carbocycles. The molecule has 0 atom stereocenters. The molecular weight excluding hydrogens is 260 g/mol. The molecule has 0 unspecified atom stereocenters. The highest BCUT2D eigenvalue weighted by Crippen LogP contribution is 2.47. The van der Waals surface area contributed by atoms with Crippen molar-refractivity contribution in [3.8, 4) is 0 Å². The lowest BCUT2D eigenvalue weighted by atomic mass is 9.93. The third kappa shape index (κ3) is 3.85. The minimum atomic E-state index is 0.228. The first-order valence-electron chi connectivity index (χ1n) is 8.31. The minimum Gasteiger partial charge on any atom is -0.355 e. The van der Waals surface area contributed by atoms with Crippen LogP contribution in [0.4, 0.5) is 0 Å². The van der Waals surface area contributed by atoms with Gasteiger partial charge in [-0.1, -0.05) is 30.3 Å². The molecule has 21 heavy (non-hydrogen) atoms. The SMILES string of the molecule is O=C(CCC1CCNCC1)NCC1(c2ccccc2)CC1. The van der Waals surface area contributed by atoms with Gasteiger partial charge in [0, 0.05) is 18.4 Å². The normalized spacial score (nSPS) is 21.0. The van der Waals surface area contributed by atoms with Crippen molar-refractivity contribution in [1.82, 2.24) is 10.6 Å². The average Bonchev–Trinajstić information content (AvgIpc) is 3.34. The van der Waals surface area contributed by atoms with E-state index in [-0.39, 0.29) is 11.3 Å². The van der Waals surface area contributed by atoms with E-state index in [1.54, 1.807) is 0 Å². The quantitative estimate of drug-likeness (QED) is 0.844. The Hall–Kier alpha value is -1.35. The highest BCUT2D eigenvalue weighted by molar-refractivity contribution is 5.76. The molecule has 2 aliphatic rings. The third-order valence-electron chi connectivity index (χ3n) is 5.10. The van der Waals surface area contributed by atoms with Gasteiger partial charge >= 0.3 is 0 Å². The smallest absolute Gasteiger partial charge is 0.220 e. The number of benzene rings is 1. The number of hydrogen-bond acceptors (Lipinski definition) is 2. The Labute approximate surface area is 127 Å². The van der Waals surface area contributed by atoms with Crippen molar-refractivity contribution in [2.24, 2.45) is 5.92 Å². The molecule has 1 saturated carbocycles. The first-order valence-corrected chi connectivity index (χ1v) is 8.31. The van der Waals surface area contributed by atoms with Gasteiger partial charge < -0.3 is 10.6 Å². The van der Waals surface area contributed by atoms with Crippen LogP contribution in [0.15, 0.2) is 30.3 Å². The molecule has 3 nitrogen and oxygen atoms in total. The summed E-state index contributed by atoms with van der Waals surface area (Å²) in [6.45, 7) is 3.04. The summed E-state index contributed by atoms with van der Waals surface area (Å²) in [5, 5.41) is 6.54. The van der Waals surface area contributed by atoms with E-state index in [2.05, 4.69) is 41.0 Å². The lowest BCUT2D eigenvalue weighted by Crippen LogP contribution is -2.33. The summed E-state index contributed by atoms with van der Waals surface area (Å²) in [7, 11) is 0. The largest absolute Gasteiger partial charge is 0.355 e. The van der Waals surface area contributed by atoms with E-state index in [0.29, 0.717) is 6.42 Å². The number of nitrogens with one attached hydrogen (secondary N) is 2. The molecule has 3 rings (SSSR count). The zero-order valence-electron chi connectivity index (χ0n) is 12.7. The molecule has 1 amide bonds. The molecule has 0 radical (unpaired) electrons. The number of piperidine rings is 1. The van der Waals surface area contributed by atoms with E-state index in [0.717, 1.165) is 32.0 Å². The summed E-state index contributed by atoms with van der Waals surface area (Å²) in [6, 6.07) is 10.6. The predicted molar refractivity (Wildman–Crippen MR) is 85.2 cm³/mol. The number of carbonyl (C=O) groups excluding carboxylic acids is 1. The maximum atomic E-state index is 12.1. The van der Waals surface area contributed by atoms with Gasteiger partial charge in [-0.2, -0.15) is 0 Å². The molecule has 1 saturated heterocycles. The van der Waals surface area contributed by atoms with Crippen LogP contribution in [0, 0.1) is 5.92 Å². The second-order valence-electron chi connectivity index (χ2n) is 6.66. The van der Waals surface area contributed by atoms with E-state index in [4.69, 9.17) is 0 Å². The molecule has 1 aromatic rings. The standard InChI is InChI=1S/C18H26N2O/c21-17(7-6-15-8-12-19-13-9-15)20-14-18(10-11-18)16-4-2-1-3-5-16/h1-5,15,19H,6-14H2,(H,20,21). The Morgan fingerprint density at radius 3 is 2.57 bits per heavy atom. The van der Waals surface area contributed by atoms with E-state index in [1.165, 1.54) is 31.2 Å². The summed E-state index contributed by atoms with van der Waals surface area (Å²) in [5.41, 5.74) is 1.61. The van der Waals surface area contributed by atoms with Crippen molar-refractivity contribution in [3.05, 3.63) is 35.9 Å². The zero-order valence-corrected chi connectivity index (χ0v) is 12.7. The summed E-state index contributed by atoms with van der Waals surface area (Å²) in [6.07, 6.45) is 6.58. The molecule has 1 aliphatic heterocycles. The maximum Gasteiger partial charge on any atom is 0.220 e. The van der Waals surface area contributed by atoms with Crippen LogP contribution in [0.1, 0.15) is 44.1 Å². The molecule has 2 fully saturated rings. The highest BCUT2D eigenvalue weighted by atomic mass is 16.1. The number of carbonyl (C=O) groups is 1. The first kappa shape index (κ1) is 14.6. The van der Waals surface area contributed by atoms with Crippen LogP contribution >= 0.6 is 0 Å². The molecule has 114 valence electrons. The van der Waals surface area contributed by atoms with Gasteiger partial charge in [0.2, 0.25) is 5.91 Å². The number of rotatable bonds is 6. The maximum absolute atomic E-state index is 12.1. The van der Waals surface area contributed by atoms with Crippen molar-refractivity contribution in [1.29, 1.82) is 0 Å². The molecule has 0 aromatic heterocycles. The molecule has 1 aromatic carbocycles. The van der Waals surface area contributed by atoms with E-state index in [9.17, 15) is 4.79 Å². The molecule has 1 heterocycles. The first-order chi connectivity index (χ1) is 10.3. The van der Waals surface area contributed by atoms with Gasteiger partial charge in [-0.15, -0.1) is 0 Å². The van der Waals surface area contributed by atoms with Gasteiger partial charge in [0.05, 0.1) is 0 Å². The van der Waals surface area contributed by atoms with Crippen LogP contribution in [0.3, 0.4) is 0 Å². The Kier molecular flexibility index (Phi) is 4.59. The van der Waals surface area contributed by atoms with Crippen molar-refractivity contribution in [2.45, 2.75) is 43.9 Å². The molecule has 0 spiro atoms. The second-order valence-corrected chi connectivity index (χ2v) is 6.66. The van der Waals surface area contributed by atoms with Crippen LogP contribution in [0.25, 0.3) is 0 Å². The summed E-state index contributed by atoms with van der Waals surface area (Å²) >= 11 is 0. The highest BCUT2D eigenvalue weighted by Gasteiger charge is 2.44. The van der Waals surface area contributed by atoms with Crippen LogP contribution in [0.2, 0.25) is 0 Å². The van der Waals surface area contributed by atoms with Crippen molar-refractivity contribution in [3.63, 3.8) is 0 Å². The van der Waals surface area contributed by atoms with E-state index in [1.807, 2.05) is 0 Å². The fourth-order valence-corrected chi connectivity index (χ4v) is 3.37. The lowest BCUT2D eigenvalue weighted by molar-refractivity contribution is -0.121. The fourth-order valence-electron chi connectivity index (χ4n) is 3.37. The van der Waals surface area contributed by atoms with Gasteiger partial charge in [0.1, 0.15) is 0 Å². The second kappa shape index (κ2) is 6.61. The van der Waals surface area contributed by atoms with Gasteiger partial charge in [0.25, 0.3) is 0 Å². The summed E-state index contributed by atoms with van der Waals surface area (Å²) in [4.78, 5) is 12.1. The van der Waals surface area contributed by atoms with Crippen LogP contribution in [-0.2, 0) is 10.2 Å². The number of amides is 1. The lowest BCUT2D eigenvalue weighted by Gasteiger charge is -2.22. The predicted octanol–water partition coefficient (Wildman–Crippen LogP) is 2.61. The molecule has 3 heteroatoms. The van der Waals surface area contributed by atoms with Gasteiger partial charge in [-0.3, -0.25) is 4.79 Å². The zero-order chi connectivity index (χ0) is 14.5. The van der Waals surface area contributed by atoms with Crippen molar-refractivity contribution < 1.29 is 4.79 Å².